The molecule has 2 amide bonds. The lowest BCUT2D eigenvalue weighted by Gasteiger charge is -2.42. The van der Waals surface area contributed by atoms with Crippen molar-refractivity contribution in [1.82, 2.24) is 25.4 Å². The number of carbonyl (C=O) groups excluding carboxylic acids is 2. The third-order valence-corrected chi connectivity index (χ3v) is 8.21. The lowest BCUT2D eigenvalue weighted by atomic mass is 9.92. The molecule has 0 aromatic carbocycles. The van der Waals surface area contributed by atoms with E-state index >= 15 is 0 Å². The molecule has 4 fully saturated rings. The molecule has 38 heavy (non-hydrogen) atoms. The standard InChI is InChI=1S/C29H42N6O3/c1-19(20-6-9-22(10-7-20)34-14-12-33(5)13-15-34)31-27(36)21-8-11-26(30-18-21)35-23-16-24(25(35)17-23)32-28(37)38-29(2,3)4/h6,8-11,18-20,23-25H,7,12-17H2,1-5H3,(H,31,36)(H,32,37)/t19-,20?,23?,24?,25?/m0/s1. The van der Waals surface area contributed by atoms with E-state index in [1.165, 1.54) is 5.70 Å². The molecule has 2 N–H and O–H groups in total. The van der Waals surface area contributed by atoms with E-state index in [0.29, 0.717) is 11.6 Å². The number of aromatic nitrogens is 1. The maximum absolute atomic E-state index is 13.0. The molecule has 3 saturated heterocycles. The van der Waals surface area contributed by atoms with Crippen LogP contribution in [-0.4, -0.2) is 89.8 Å². The van der Waals surface area contributed by atoms with E-state index < -0.39 is 5.60 Å². The number of nitrogens with zero attached hydrogens (tertiary/aromatic N) is 4. The molecular weight excluding hydrogens is 480 g/mol. The Morgan fingerprint density at radius 2 is 1.89 bits per heavy atom. The van der Waals surface area contributed by atoms with Gasteiger partial charge in [-0.2, -0.15) is 0 Å². The first-order chi connectivity index (χ1) is 18.1. The first kappa shape index (κ1) is 26.5. The van der Waals surface area contributed by atoms with Gasteiger partial charge in [-0.15, -0.1) is 0 Å². The molecule has 2 aliphatic carbocycles. The second-order valence-electron chi connectivity index (χ2n) is 12.2. The molecule has 1 aromatic heterocycles. The molecule has 206 valence electrons. The summed E-state index contributed by atoms with van der Waals surface area (Å²) in [6.07, 6.45) is 10.9. The van der Waals surface area contributed by atoms with Crippen molar-refractivity contribution in [3.05, 3.63) is 47.8 Å². The number of ether oxygens (including phenoxy) is 1. The van der Waals surface area contributed by atoms with Crippen molar-refractivity contribution in [3.8, 4) is 0 Å². The van der Waals surface area contributed by atoms with Gasteiger partial charge in [0.1, 0.15) is 11.4 Å². The second-order valence-corrected chi connectivity index (χ2v) is 12.2. The molecule has 4 unspecified atom stereocenters. The smallest absolute Gasteiger partial charge is 0.407 e. The Morgan fingerprint density at radius 3 is 2.53 bits per heavy atom. The Balaban J connectivity index is 1.11. The van der Waals surface area contributed by atoms with Crippen LogP contribution in [0.4, 0.5) is 10.6 Å². The number of anilines is 1. The summed E-state index contributed by atoms with van der Waals surface area (Å²) < 4.78 is 5.42. The van der Waals surface area contributed by atoms with E-state index in [9.17, 15) is 9.59 Å². The second kappa shape index (κ2) is 10.6. The van der Waals surface area contributed by atoms with Crippen LogP contribution in [0.5, 0.6) is 0 Å². The van der Waals surface area contributed by atoms with E-state index in [1.54, 1.807) is 6.20 Å². The summed E-state index contributed by atoms with van der Waals surface area (Å²) in [5.74, 6) is 1.02. The highest BCUT2D eigenvalue weighted by molar-refractivity contribution is 5.94. The fourth-order valence-electron chi connectivity index (χ4n) is 5.99. The molecule has 5 atom stereocenters. The number of likely N-dealkylation sites (N-methyl/N-ethyl adjacent to an activating group) is 1. The highest BCUT2D eigenvalue weighted by Gasteiger charge is 2.52. The fraction of sp³-hybridized carbons (Fsp3) is 0.621. The van der Waals surface area contributed by atoms with Gasteiger partial charge in [-0.3, -0.25) is 4.79 Å². The zero-order chi connectivity index (χ0) is 27.0. The number of hydrogen-bond acceptors (Lipinski definition) is 7. The largest absolute Gasteiger partial charge is 0.444 e. The lowest BCUT2D eigenvalue weighted by Crippen LogP contribution is -2.54. The van der Waals surface area contributed by atoms with Gasteiger partial charge in [-0.05, 0) is 72.2 Å². The van der Waals surface area contributed by atoms with Crippen LogP contribution in [0.15, 0.2) is 42.3 Å². The summed E-state index contributed by atoms with van der Waals surface area (Å²) >= 11 is 0. The summed E-state index contributed by atoms with van der Waals surface area (Å²) in [7, 11) is 2.17. The molecule has 4 heterocycles. The van der Waals surface area contributed by atoms with Gasteiger partial charge in [0.2, 0.25) is 0 Å². The first-order valence-corrected chi connectivity index (χ1v) is 13.9. The molecule has 5 aliphatic rings. The van der Waals surface area contributed by atoms with E-state index in [-0.39, 0.29) is 36.0 Å². The van der Waals surface area contributed by atoms with Crippen molar-refractivity contribution >= 4 is 17.8 Å². The van der Waals surface area contributed by atoms with Crippen LogP contribution in [0.2, 0.25) is 0 Å². The van der Waals surface area contributed by atoms with E-state index in [0.717, 1.165) is 51.3 Å². The summed E-state index contributed by atoms with van der Waals surface area (Å²) in [4.78, 5) is 36.8. The lowest BCUT2D eigenvalue weighted by molar-refractivity contribution is 0.0504. The molecule has 0 spiro atoms. The third-order valence-electron chi connectivity index (χ3n) is 8.21. The van der Waals surface area contributed by atoms with Gasteiger partial charge in [0.05, 0.1) is 17.6 Å². The van der Waals surface area contributed by atoms with Crippen LogP contribution in [0.3, 0.4) is 0 Å². The molecule has 3 aliphatic heterocycles. The Hall–Kier alpha value is -3.07. The van der Waals surface area contributed by atoms with Crippen LogP contribution in [-0.2, 0) is 4.74 Å². The van der Waals surface area contributed by atoms with Crippen LogP contribution in [0, 0.1) is 5.92 Å². The molecule has 6 rings (SSSR count). The fourth-order valence-corrected chi connectivity index (χ4v) is 5.99. The Labute approximate surface area is 226 Å². The van der Waals surface area contributed by atoms with Crippen molar-refractivity contribution in [2.75, 3.05) is 38.1 Å². The zero-order valence-corrected chi connectivity index (χ0v) is 23.3. The molecule has 9 nitrogen and oxygen atoms in total. The van der Waals surface area contributed by atoms with Gasteiger partial charge in [-0.25, -0.2) is 9.78 Å². The van der Waals surface area contributed by atoms with Crippen molar-refractivity contribution in [2.45, 2.75) is 76.7 Å². The highest BCUT2D eigenvalue weighted by Crippen LogP contribution is 2.43. The monoisotopic (exact) mass is 522 g/mol. The van der Waals surface area contributed by atoms with Gasteiger partial charge in [0, 0.05) is 56.1 Å². The van der Waals surface area contributed by atoms with Gasteiger partial charge in [-0.1, -0.05) is 12.2 Å². The molecule has 0 radical (unpaired) electrons. The number of rotatable bonds is 6. The van der Waals surface area contributed by atoms with Crippen molar-refractivity contribution in [1.29, 1.82) is 0 Å². The van der Waals surface area contributed by atoms with E-state index in [2.05, 4.69) is 62.5 Å². The average molecular weight is 523 g/mol. The summed E-state index contributed by atoms with van der Waals surface area (Å²) in [5.41, 5.74) is 1.35. The molecule has 1 aromatic rings. The molecule has 9 heteroatoms. The summed E-state index contributed by atoms with van der Waals surface area (Å²) in [6.45, 7) is 12.0. The van der Waals surface area contributed by atoms with Gasteiger partial charge < -0.3 is 30.1 Å². The number of pyridine rings is 1. The molecule has 2 bridgehead atoms. The van der Waals surface area contributed by atoms with Crippen LogP contribution >= 0.6 is 0 Å². The van der Waals surface area contributed by atoms with Crippen LogP contribution < -0.4 is 15.5 Å². The van der Waals surface area contributed by atoms with Crippen molar-refractivity contribution in [3.63, 3.8) is 0 Å². The van der Waals surface area contributed by atoms with Crippen LogP contribution in [0.25, 0.3) is 0 Å². The minimum atomic E-state index is -0.516. The van der Waals surface area contributed by atoms with Gasteiger partial charge in [0.15, 0.2) is 0 Å². The molecular formula is C29H42N6O3. The number of allylic oxidation sites excluding steroid dienone is 2. The number of fused-ring (bicyclic) bond motifs is 1. The van der Waals surface area contributed by atoms with Gasteiger partial charge >= 0.3 is 6.09 Å². The predicted molar refractivity (Wildman–Crippen MR) is 148 cm³/mol. The number of hydrogen-bond donors (Lipinski definition) is 2. The first-order valence-electron chi connectivity index (χ1n) is 13.9. The maximum Gasteiger partial charge on any atom is 0.407 e. The molecule has 1 saturated carbocycles. The Morgan fingerprint density at radius 1 is 1.13 bits per heavy atom. The zero-order valence-electron chi connectivity index (χ0n) is 23.3. The topological polar surface area (TPSA) is 90.0 Å². The quantitative estimate of drug-likeness (QED) is 0.593. The average Bonchev–Trinajstić information content (AvgIpc) is 3.42. The summed E-state index contributed by atoms with van der Waals surface area (Å²) in [5, 5.41) is 6.19. The maximum atomic E-state index is 13.0. The predicted octanol–water partition coefficient (Wildman–Crippen LogP) is 3.15. The number of alkyl carbamates (subject to hydrolysis) is 1. The van der Waals surface area contributed by atoms with Crippen LogP contribution in [0.1, 0.15) is 57.3 Å². The van der Waals surface area contributed by atoms with Crippen molar-refractivity contribution in [2.24, 2.45) is 5.92 Å². The minimum absolute atomic E-state index is 0.0228. The number of nitrogens with one attached hydrogen (secondary N) is 2. The van der Waals surface area contributed by atoms with Gasteiger partial charge in [0.25, 0.3) is 5.91 Å². The minimum Gasteiger partial charge on any atom is -0.444 e. The van der Waals surface area contributed by atoms with Crippen molar-refractivity contribution < 1.29 is 14.3 Å². The summed E-state index contributed by atoms with van der Waals surface area (Å²) in [6, 6.07) is 4.40. The third kappa shape index (κ3) is 5.82. The highest BCUT2D eigenvalue weighted by atomic mass is 16.6. The Bertz CT molecular complexity index is 1090. The number of amides is 2. The SMILES string of the molecule is C[C@H](NC(=O)c1ccc(N2C3CC(NC(=O)OC(C)(C)C)C2C3)nc1)C1C=CC(N2CCN(C)CC2)=CC1. The Kier molecular flexibility index (Phi) is 7.40. The normalized spacial score (nSPS) is 27.9. The number of carbonyl (C=O) groups is 2. The van der Waals surface area contributed by atoms with E-state index in [4.69, 9.17) is 4.74 Å². The number of piperazine rings is 1. The van der Waals surface area contributed by atoms with E-state index in [1.807, 2.05) is 32.9 Å².